The molecule has 3 heterocycles. The van der Waals surface area contributed by atoms with Crippen LogP contribution in [0.5, 0.6) is 0 Å². The summed E-state index contributed by atoms with van der Waals surface area (Å²) in [6.45, 7) is 10.2. The van der Waals surface area contributed by atoms with Crippen molar-refractivity contribution in [3.8, 4) is 0 Å². The molecule has 12 nitrogen and oxygen atoms in total. The first-order chi connectivity index (χ1) is 13.9. The number of aliphatic carboxylic acids is 3. The topological polar surface area (TPSA) is 182 Å². The number of rotatable bonds is 10. The summed E-state index contributed by atoms with van der Waals surface area (Å²) in [6, 6.07) is 0. The van der Waals surface area contributed by atoms with Crippen molar-refractivity contribution in [2.24, 2.45) is 0 Å². The van der Waals surface area contributed by atoms with Gasteiger partial charge in [-0.3, -0.25) is 14.4 Å². The Morgan fingerprint density at radius 3 is 0.933 bits per heavy atom. The van der Waals surface area contributed by atoms with Gasteiger partial charge in [-0.1, -0.05) is 6.92 Å². The molecule has 0 saturated carbocycles. The van der Waals surface area contributed by atoms with Gasteiger partial charge in [-0.2, -0.15) is 0 Å². The molecule has 3 rings (SSSR count). The van der Waals surface area contributed by atoms with Crippen LogP contribution in [0.3, 0.4) is 0 Å². The fourth-order valence-electron chi connectivity index (χ4n) is 1.64. The van der Waals surface area contributed by atoms with E-state index in [1.54, 1.807) is 0 Å². The second-order valence-electron chi connectivity index (χ2n) is 7.08. The Bertz CT molecular complexity index is 452. The first-order valence-electron chi connectivity index (χ1n) is 9.92. The van der Waals surface area contributed by atoms with Gasteiger partial charge in [-0.15, -0.1) is 0 Å². The largest absolute Gasteiger partial charge is 0.481 e. The Balaban J connectivity index is 0.000000377. The molecule has 0 aromatic rings. The zero-order valence-corrected chi connectivity index (χ0v) is 17.4. The molecule has 3 aliphatic heterocycles. The molecular formula is C18H35N3O9. The van der Waals surface area contributed by atoms with Crippen molar-refractivity contribution in [1.82, 2.24) is 14.7 Å². The highest BCUT2D eigenvalue weighted by Crippen LogP contribution is 2.03. The van der Waals surface area contributed by atoms with Gasteiger partial charge in [0.25, 0.3) is 5.97 Å². The molecule has 176 valence electrons. The zero-order chi connectivity index (χ0) is 23.2. The van der Waals surface area contributed by atoms with Gasteiger partial charge >= 0.3 is 17.9 Å². The Hall–Kier alpha value is -1.83. The lowest BCUT2D eigenvalue weighted by Gasteiger charge is -2.08. The lowest BCUT2D eigenvalue weighted by molar-refractivity contribution is -0.312. The molecule has 0 radical (unpaired) electrons. The van der Waals surface area contributed by atoms with E-state index < -0.39 is 23.9 Å². The van der Waals surface area contributed by atoms with Gasteiger partial charge in [0.05, 0.1) is 19.3 Å². The number of hydrogen-bond donors (Lipinski definition) is 6. The monoisotopic (exact) mass is 437 g/mol. The average Bonchev–Trinajstić information content (AvgIpc) is 3.49. The van der Waals surface area contributed by atoms with Crippen LogP contribution in [0.15, 0.2) is 0 Å². The molecule has 0 aliphatic carbocycles. The maximum absolute atomic E-state index is 9.90. The van der Waals surface area contributed by atoms with Crippen molar-refractivity contribution in [3.63, 3.8) is 0 Å². The van der Waals surface area contributed by atoms with Gasteiger partial charge in [0.1, 0.15) is 0 Å². The summed E-state index contributed by atoms with van der Waals surface area (Å²) in [4.78, 5) is 36.0. The van der Waals surface area contributed by atoms with E-state index in [1.165, 1.54) is 6.92 Å². The molecule has 0 spiro atoms. The van der Waals surface area contributed by atoms with Crippen molar-refractivity contribution < 1.29 is 45.0 Å². The zero-order valence-electron chi connectivity index (χ0n) is 17.4. The minimum Gasteiger partial charge on any atom is -0.481 e. The summed E-state index contributed by atoms with van der Waals surface area (Å²) in [7, 11) is 0. The summed E-state index contributed by atoms with van der Waals surface area (Å²) in [5.41, 5.74) is 0. The molecule has 12 heteroatoms. The first-order valence-corrected chi connectivity index (χ1v) is 9.92. The van der Waals surface area contributed by atoms with Crippen LogP contribution in [0.4, 0.5) is 0 Å². The van der Waals surface area contributed by atoms with E-state index in [4.69, 9.17) is 30.6 Å². The van der Waals surface area contributed by atoms with Crippen molar-refractivity contribution in [2.45, 2.75) is 38.6 Å². The van der Waals surface area contributed by atoms with E-state index in [2.05, 4.69) is 14.7 Å². The molecular weight excluding hydrogens is 402 g/mol. The highest BCUT2D eigenvalue weighted by molar-refractivity contribution is 5.67. The molecule has 3 saturated heterocycles. The van der Waals surface area contributed by atoms with Gasteiger partial charge in [-0.25, -0.2) is 0 Å². The molecule has 3 fully saturated rings. The maximum Gasteiger partial charge on any atom is 0.304 e. The lowest BCUT2D eigenvalue weighted by atomic mass is 10.4. The van der Waals surface area contributed by atoms with Gasteiger partial charge < -0.3 is 45.3 Å². The second kappa shape index (κ2) is 15.0. The van der Waals surface area contributed by atoms with Gasteiger partial charge in [-0.05, 0) is 0 Å². The van der Waals surface area contributed by atoms with Gasteiger partial charge in [0.2, 0.25) is 0 Å². The Morgan fingerprint density at radius 1 is 0.633 bits per heavy atom. The average molecular weight is 437 g/mol. The maximum atomic E-state index is 9.90. The number of carbonyl (C=O) groups is 3. The predicted octanol–water partition coefficient (Wildman–Crippen LogP) is -1.64. The van der Waals surface area contributed by atoms with Crippen LogP contribution in [0.1, 0.15) is 32.6 Å². The number of carboxylic acids is 3. The normalized spacial score (nSPS) is 17.2. The van der Waals surface area contributed by atoms with Crippen molar-refractivity contribution >= 4 is 17.9 Å². The summed E-state index contributed by atoms with van der Waals surface area (Å²) in [6.07, 6.45) is 0.812. The third-order valence-corrected chi connectivity index (χ3v) is 4.02. The molecule has 0 unspecified atom stereocenters. The van der Waals surface area contributed by atoms with Crippen LogP contribution in [-0.2, 0) is 14.4 Å². The highest BCUT2D eigenvalue weighted by atomic mass is 16.7. The minimum atomic E-state index is -2.46. The van der Waals surface area contributed by atoms with E-state index in [0.29, 0.717) is 19.3 Å². The summed E-state index contributed by atoms with van der Waals surface area (Å²) in [5, 5.41) is 48.3. The Morgan fingerprint density at radius 2 is 0.833 bits per heavy atom. The van der Waals surface area contributed by atoms with Gasteiger partial charge in [0.15, 0.2) is 0 Å². The molecule has 0 amide bonds. The molecule has 0 atom stereocenters. The number of nitrogens with zero attached hydrogens (tertiary/aromatic N) is 3. The molecule has 0 bridgehead atoms. The number of hydrogen-bond acceptors (Lipinski definition) is 9. The molecule has 30 heavy (non-hydrogen) atoms. The fraction of sp³-hybridized carbons (Fsp3) is 0.833. The van der Waals surface area contributed by atoms with Crippen LogP contribution in [0.2, 0.25) is 0 Å². The summed E-state index contributed by atoms with van der Waals surface area (Å²) >= 11 is 0. The van der Waals surface area contributed by atoms with E-state index in [0.717, 1.165) is 58.9 Å². The fourth-order valence-corrected chi connectivity index (χ4v) is 1.64. The van der Waals surface area contributed by atoms with E-state index in [1.807, 2.05) is 0 Å². The van der Waals surface area contributed by atoms with Crippen molar-refractivity contribution in [1.29, 1.82) is 0 Å². The minimum absolute atomic E-state index is 0.0625. The summed E-state index contributed by atoms with van der Waals surface area (Å²) < 4.78 is 0. The third kappa shape index (κ3) is 26.2. The first kappa shape index (κ1) is 28.2. The van der Waals surface area contributed by atoms with Crippen LogP contribution in [0, 0.1) is 0 Å². The molecule has 0 aromatic carbocycles. The predicted molar refractivity (Wildman–Crippen MR) is 106 cm³/mol. The van der Waals surface area contributed by atoms with E-state index in [9.17, 15) is 14.4 Å². The Labute approximate surface area is 175 Å². The molecule has 6 N–H and O–H groups in total. The van der Waals surface area contributed by atoms with Crippen LogP contribution in [0.25, 0.3) is 0 Å². The van der Waals surface area contributed by atoms with Crippen molar-refractivity contribution in [3.05, 3.63) is 0 Å². The SMILES string of the molecule is CCC(O)(O)O.O=C(O)CCN1CC1.O=C(O)CCN1CC1.O=C(O)CCN1CC1. The highest BCUT2D eigenvalue weighted by Gasteiger charge is 2.18. The van der Waals surface area contributed by atoms with Gasteiger partial charge in [0, 0.05) is 65.3 Å². The smallest absolute Gasteiger partial charge is 0.304 e. The van der Waals surface area contributed by atoms with Crippen molar-refractivity contribution in [2.75, 3.05) is 58.9 Å². The van der Waals surface area contributed by atoms with Crippen LogP contribution in [-0.4, -0.2) is 128 Å². The number of carboxylic acid groups (broad SMARTS) is 3. The van der Waals surface area contributed by atoms with E-state index in [-0.39, 0.29) is 6.42 Å². The summed E-state index contributed by atoms with van der Waals surface area (Å²) in [5.74, 6) is -4.55. The molecule has 0 aromatic heterocycles. The second-order valence-corrected chi connectivity index (χ2v) is 7.08. The lowest BCUT2D eigenvalue weighted by Crippen LogP contribution is -2.24. The quantitative estimate of drug-likeness (QED) is 0.170. The van der Waals surface area contributed by atoms with E-state index >= 15 is 0 Å². The Kier molecular flexibility index (Phi) is 14.1. The molecule has 3 aliphatic rings. The number of aliphatic hydroxyl groups is 3. The van der Waals surface area contributed by atoms with Crippen LogP contribution < -0.4 is 0 Å². The standard InChI is InChI=1S/3C5H9NO2.C3H8O3/c3*7-5(8)1-2-6-3-4-6;1-2-3(4,5)6/h3*1-4H2,(H,7,8);4-6H,2H2,1H3. The third-order valence-electron chi connectivity index (χ3n) is 4.02. The van der Waals surface area contributed by atoms with Crippen LogP contribution >= 0.6 is 0 Å².